The molecule has 4 heteroatoms. The van der Waals surface area contributed by atoms with Crippen molar-refractivity contribution in [2.24, 2.45) is 0 Å². The first-order chi connectivity index (χ1) is 8.40. The minimum Gasteiger partial charge on any atom is -0.316 e. The number of aryl methyl sites for hydroxylation is 1. The zero-order chi connectivity index (χ0) is 11.7. The van der Waals surface area contributed by atoms with Crippen molar-refractivity contribution in [1.82, 2.24) is 20.1 Å². The minimum atomic E-state index is 0.183. The Bertz CT molecular complexity index is 518. The highest BCUT2D eigenvalue weighted by Gasteiger charge is 2.24. The lowest BCUT2D eigenvalue weighted by Crippen LogP contribution is -2.32. The minimum absolute atomic E-state index is 0.183. The van der Waals surface area contributed by atoms with Crippen molar-refractivity contribution in [3.63, 3.8) is 0 Å². The summed E-state index contributed by atoms with van der Waals surface area (Å²) in [5.41, 5.74) is 2.75. The van der Waals surface area contributed by atoms with Crippen LogP contribution in [0.1, 0.15) is 29.9 Å². The highest BCUT2D eigenvalue weighted by atomic mass is 15.3. The summed E-state index contributed by atoms with van der Waals surface area (Å²) in [6, 6.07) is 8.76. The number of benzene rings is 1. The number of nitrogens with zero attached hydrogens (tertiary/aromatic N) is 3. The maximum atomic E-state index is 4.26. The topological polar surface area (TPSA) is 42.7 Å². The van der Waals surface area contributed by atoms with Gasteiger partial charge in [0.2, 0.25) is 0 Å². The quantitative estimate of drug-likeness (QED) is 0.847. The maximum absolute atomic E-state index is 4.26. The van der Waals surface area contributed by atoms with Crippen LogP contribution in [0, 0.1) is 0 Å². The normalized spacial score (nSPS) is 19.0. The van der Waals surface area contributed by atoms with Crippen LogP contribution in [0.4, 0.5) is 0 Å². The molecule has 1 aliphatic rings. The van der Waals surface area contributed by atoms with Crippen molar-refractivity contribution in [3.8, 4) is 0 Å². The van der Waals surface area contributed by atoms with Gasteiger partial charge in [0.15, 0.2) is 5.82 Å². The molecule has 0 saturated carbocycles. The summed E-state index contributed by atoms with van der Waals surface area (Å²) in [7, 11) is 0. The molecule has 0 fully saturated rings. The molecule has 1 atom stereocenters. The van der Waals surface area contributed by atoms with Gasteiger partial charge in [0.25, 0.3) is 0 Å². The van der Waals surface area contributed by atoms with Crippen LogP contribution >= 0.6 is 0 Å². The third-order valence-electron chi connectivity index (χ3n) is 3.35. The smallest absolute Gasteiger partial charge is 0.154 e. The van der Waals surface area contributed by atoms with Crippen LogP contribution < -0.4 is 5.32 Å². The highest BCUT2D eigenvalue weighted by molar-refractivity contribution is 5.35. The molecule has 1 unspecified atom stereocenters. The molecule has 0 aliphatic carbocycles. The van der Waals surface area contributed by atoms with Gasteiger partial charge >= 0.3 is 0 Å². The Kier molecular flexibility index (Phi) is 2.65. The van der Waals surface area contributed by atoms with Gasteiger partial charge in [-0.15, -0.1) is 10.2 Å². The van der Waals surface area contributed by atoms with Gasteiger partial charge in [0.05, 0.1) is 6.04 Å². The number of nitrogens with one attached hydrogen (secondary N) is 1. The molecule has 0 radical (unpaired) electrons. The molecule has 0 bridgehead atoms. The molecule has 1 N–H and O–H groups in total. The van der Waals surface area contributed by atoms with E-state index in [2.05, 4.69) is 51.3 Å². The average Bonchev–Trinajstić information content (AvgIpc) is 2.86. The van der Waals surface area contributed by atoms with Gasteiger partial charge in [-0.25, -0.2) is 0 Å². The van der Waals surface area contributed by atoms with Crippen LogP contribution in [0.25, 0.3) is 0 Å². The van der Waals surface area contributed by atoms with Crippen molar-refractivity contribution in [1.29, 1.82) is 0 Å². The molecule has 88 valence electrons. The van der Waals surface area contributed by atoms with Gasteiger partial charge in [0.1, 0.15) is 6.33 Å². The van der Waals surface area contributed by atoms with E-state index in [1.165, 1.54) is 11.1 Å². The lowest BCUT2D eigenvalue weighted by molar-refractivity contribution is 0.517. The largest absolute Gasteiger partial charge is 0.316 e. The van der Waals surface area contributed by atoms with E-state index in [-0.39, 0.29) is 6.04 Å². The monoisotopic (exact) mass is 228 g/mol. The van der Waals surface area contributed by atoms with E-state index in [4.69, 9.17) is 0 Å². The van der Waals surface area contributed by atoms with Crippen molar-refractivity contribution >= 4 is 0 Å². The Balaban J connectivity index is 2.06. The second-order valence-corrected chi connectivity index (χ2v) is 4.31. The summed E-state index contributed by atoms with van der Waals surface area (Å²) >= 11 is 0. The Morgan fingerprint density at radius 1 is 1.41 bits per heavy atom. The predicted molar refractivity (Wildman–Crippen MR) is 65.7 cm³/mol. The second kappa shape index (κ2) is 4.30. The van der Waals surface area contributed by atoms with E-state index in [0.29, 0.717) is 0 Å². The molecule has 2 aromatic rings. The molecule has 0 saturated heterocycles. The first kappa shape index (κ1) is 10.5. The molecular formula is C13H16N4. The van der Waals surface area contributed by atoms with Crippen LogP contribution in [0.2, 0.25) is 0 Å². The van der Waals surface area contributed by atoms with Crippen molar-refractivity contribution in [2.75, 3.05) is 6.54 Å². The lowest BCUT2D eigenvalue weighted by atomic mass is 9.94. The SMILES string of the molecule is CCn1cnnc1C1NCCc2ccccc21. The summed E-state index contributed by atoms with van der Waals surface area (Å²) in [5, 5.41) is 11.8. The van der Waals surface area contributed by atoms with Crippen LogP contribution in [0.5, 0.6) is 0 Å². The van der Waals surface area contributed by atoms with Crippen LogP contribution in [-0.4, -0.2) is 21.3 Å². The summed E-state index contributed by atoms with van der Waals surface area (Å²) in [6.45, 7) is 4.02. The van der Waals surface area contributed by atoms with Gasteiger partial charge in [-0.3, -0.25) is 0 Å². The number of fused-ring (bicyclic) bond motifs is 1. The standard InChI is InChI=1S/C13H16N4/c1-2-17-9-15-16-13(17)12-11-6-4-3-5-10(11)7-8-14-12/h3-6,9,12,14H,2,7-8H2,1H3. The Labute approximate surface area is 101 Å². The molecule has 1 aromatic heterocycles. The summed E-state index contributed by atoms with van der Waals surface area (Å²) in [6.07, 6.45) is 2.89. The maximum Gasteiger partial charge on any atom is 0.154 e. The number of aromatic nitrogens is 3. The van der Waals surface area contributed by atoms with Gasteiger partial charge in [-0.05, 0) is 24.5 Å². The van der Waals surface area contributed by atoms with Gasteiger partial charge in [-0.2, -0.15) is 0 Å². The van der Waals surface area contributed by atoms with Crippen LogP contribution in [0.15, 0.2) is 30.6 Å². The summed E-state index contributed by atoms with van der Waals surface area (Å²) in [5.74, 6) is 1.01. The first-order valence-electron chi connectivity index (χ1n) is 6.09. The van der Waals surface area contributed by atoms with Gasteiger partial charge in [0, 0.05) is 13.1 Å². The molecule has 1 aliphatic heterocycles. The fraction of sp³-hybridized carbons (Fsp3) is 0.385. The average molecular weight is 228 g/mol. The molecule has 0 spiro atoms. The third-order valence-corrected chi connectivity index (χ3v) is 3.35. The Morgan fingerprint density at radius 3 is 3.18 bits per heavy atom. The fourth-order valence-electron chi connectivity index (χ4n) is 2.47. The predicted octanol–water partition coefficient (Wildman–Crippen LogP) is 1.53. The third kappa shape index (κ3) is 1.74. The zero-order valence-corrected chi connectivity index (χ0v) is 9.93. The van der Waals surface area contributed by atoms with Crippen molar-refractivity contribution in [2.45, 2.75) is 25.9 Å². The van der Waals surface area contributed by atoms with E-state index < -0.39 is 0 Å². The molecule has 3 rings (SSSR count). The molecule has 4 nitrogen and oxygen atoms in total. The van der Waals surface area contributed by atoms with E-state index in [1.54, 1.807) is 6.33 Å². The Morgan fingerprint density at radius 2 is 2.29 bits per heavy atom. The molecular weight excluding hydrogens is 212 g/mol. The zero-order valence-electron chi connectivity index (χ0n) is 9.93. The fourth-order valence-corrected chi connectivity index (χ4v) is 2.47. The lowest BCUT2D eigenvalue weighted by Gasteiger charge is -2.26. The second-order valence-electron chi connectivity index (χ2n) is 4.31. The molecule has 2 heterocycles. The van der Waals surface area contributed by atoms with Crippen molar-refractivity contribution < 1.29 is 0 Å². The first-order valence-corrected chi connectivity index (χ1v) is 6.09. The van der Waals surface area contributed by atoms with Gasteiger partial charge in [-0.1, -0.05) is 24.3 Å². The van der Waals surface area contributed by atoms with E-state index in [9.17, 15) is 0 Å². The van der Waals surface area contributed by atoms with Crippen LogP contribution in [0.3, 0.4) is 0 Å². The van der Waals surface area contributed by atoms with E-state index in [1.807, 2.05) is 0 Å². The Hall–Kier alpha value is -1.68. The number of hydrogen-bond donors (Lipinski definition) is 1. The number of rotatable bonds is 2. The van der Waals surface area contributed by atoms with Crippen LogP contribution in [-0.2, 0) is 13.0 Å². The summed E-state index contributed by atoms with van der Waals surface area (Å²) < 4.78 is 2.10. The highest BCUT2D eigenvalue weighted by Crippen LogP contribution is 2.27. The molecule has 0 amide bonds. The van der Waals surface area contributed by atoms with Gasteiger partial charge < -0.3 is 9.88 Å². The summed E-state index contributed by atoms with van der Waals surface area (Å²) in [4.78, 5) is 0. The van der Waals surface area contributed by atoms with Crippen molar-refractivity contribution in [3.05, 3.63) is 47.5 Å². The van der Waals surface area contributed by atoms with E-state index in [0.717, 1.165) is 25.3 Å². The molecule has 17 heavy (non-hydrogen) atoms. The van der Waals surface area contributed by atoms with E-state index >= 15 is 0 Å². The molecule has 1 aromatic carbocycles. The number of hydrogen-bond acceptors (Lipinski definition) is 3.